The lowest BCUT2D eigenvalue weighted by molar-refractivity contribution is -0.154. The number of hydrogen-bond acceptors (Lipinski definition) is 5. The summed E-state index contributed by atoms with van der Waals surface area (Å²) in [4.78, 5) is 23.4. The molecule has 1 amide bonds. The molecule has 0 aromatic heterocycles. The molecule has 35 heavy (non-hydrogen) atoms. The van der Waals surface area contributed by atoms with Crippen LogP contribution >= 0.6 is 12.6 Å². The Morgan fingerprint density at radius 3 is 2.09 bits per heavy atom. The maximum atomic E-state index is 12.4. The molecule has 0 saturated heterocycles. The molecule has 0 spiro atoms. The second kappa shape index (κ2) is 12.3. The molecule has 0 fully saturated rings. The highest BCUT2D eigenvalue weighted by atomic mass is 32.1. The fraction of sp³-hybridized carbons (Fsp3) is 0.500. The first kappa shape index (κ1) is 28.6. The zero-order chi connectivity index (χ0) is 26.2. The van der Waals surface area contributed by atoms with Crippen LogP contribution in [-0.2, 0) is 27.9 Å². The number of nitrogens with one attached hydrogen (secondary N) is 1. The lowest BCUT2D eigenvalue weighted by Gasteiger charge is -2.23. The molecule has 0 aliphatic rings. The van der Waals surface area contributed by atoms with Gasteiger partial charge < -0.3 is 19.5 Å². The van der Waals surface area contributed by atoms with Crippen LogP contribution in [0.4, 0.5) is 4.79 Å². The number of hydrogen-bond donors (Lipinski definition) is 2. The quantitative estimate of drug-likeness (QED) is 0.310. The average molecular weight is 502 g/mol. The summed E-state index contributed by atoms with van der Waals surface area (Å²) in [5.41, 5.74) is 2.81. The highest BCUT2D eigenvalue weighted by molar-refractivity contribution is 7.96. The number of ether oxygens (including phenoxy) is 3. The van der Waals surface area contributed by atoms with Crippen LogP contribution in [-0.4, -0.2) is 31.5 Å². The Hall–Kier alpha value is -2.67. The van der Waals surface area contributed by atoms with Gasteiger partial charge in [-0.2, -0.15) is 0 Å². The Balaban J connectivity index is 2.14. The van der Waals surface area contributed by atoms with E-state index in [-0.39, 0.29) is 23.9 Å². The van der Waals surface area contributed by atoms with Crippen molar-refractivity contribution in [2.24, 2.45) is 11.3 Å². The molecule has 2 aromatic rings. The Labute approximate surface area is 215 Å². The Kier molecular flexibility index (Phi) is 10.1. The van der Waals surface area contributed by atoms with Crippen LogP contribution in [0, 0.1) is 11.3 Å². The number of benzene rings is 2. The van der Waals surface area contributed by atoms with Crippen molar-refractivity contribution in [1.29, 1.82) is 0 Å². The molecule has 0 saturated carbocycles. The highest BCUT2D eigenvalue weighted by Crippen LogP contribution is 2.29. The molecule has 2 aromatic carbocycles. The van der Waals surface area contributed by atoms with Crippen LogP contribution < -0.4 is 14.8 Å². The van der Waals surface area contributed by atoms with E-state index < -0.39 is 10.7 Å². The number of methoxy groups -OCH3 is 1. The molecule has 192 valence electrons. The molecule has 1 atom stereocenters. The van der Waals surface area contributed by atoms with Crippen LogP contribution in [0.5, 0.6) is 11.5 Å². The number of esters is 1. The van der Waals surface area contributed by atoms with E-state index in [1.165, 1.54) is 5.56 Å². The van der Waals surface area contributed by atoms with Gasteiger partial charge in [0.2, 0.25) is 0 Å². The number of carbonyl (C=O) groups excluding carboxylic acids is 2. The van der Waals surface area contributed by atoms with Crippen LogP contribution in [0.15, 0.2) is 42.5 Å². The Morgan fingerprint density at radius 2 is 1.54 bits per heavy atom. The van der Waals surface area contributed by atoms with E-state index in [0.717, 1.165) is 11.1 Å². The van der Waals surface area contributed by atoms with Crippen molar-refractivity contribution < 1.29 is 23.8 Å². The predicted octanol–water partition coefficient (Wildman–Crippen LogP) is 5.96. The Bertz CT molecular complexity index is 990. The van der Waals surface area contributed by atoms with Crippen LogP contribution in [0.2, 0.25) is 0 Å². The maximum absolute atomic E-state index is 12.4. The van der Waals surface area contributed by atoms with Crippen LogP contribution in [0.25, 0.3) is 0 Å². The van der Waals surface area contributed by atoms with Gasteiger partial charge in [-0.15, -0.1) is 0 Å². The first-order valence-electron chi connectivity index (χ1n) is 11.8. The maximum Gasteiger partial charge on any atom is 0.311 e. The largest absolute Gasteiger partial charge is 0.493 e. The van der Waals surface area contributed by atoms with Gasteiger partial charge in [-0.1, -0.05) is 63.7 Å². The number of rotatable bonds is 10. The molecular formula is C28H39NO5S. The second-order valence-corrected chi connectivity index (χ2v) is 11.2. The van der Waals surface area contributed by atoms with Crippen molar-refractivity contribution in [3.8, 4) is 11.5 Å². The standard InChI is InChI=1S/C28H39NO5S/c1-27(2,3)22-11-8-19(9-12-22)14-21(18-34-25(30)28(4,5)6)17-33-23-13-10-20(15-24(23)32-7)16-29-26(31)35/h8-13,15,21H,14,16-18H2,1-7H3,(H2,29,31,35). The average Bonchev–Trinajstić information content (AvgIpc) is 2.78. The van der Waals surface area contributed by atoms with Gasteiger partial charge in [-0.05, 0) is 61.4 Å². The van der Waals surface area contributed by atoms with E-state index in [9.17, 15) is 9.59 Å². The third-order valence-electron chi connectivity index (χ3n) is 5.55. The van der Waals surface area contributed by atoms with Crippen LogP contribution in [0.3, 0.4) is 0 Å². The van der Waals surface area contributed by atoms with Crippen molar-refractivity contribution in [1.82, 2.24) is 5.32 Å². The molecule has 2 rings (SSSR count). The summed E-state index contributed by atoms with van der Waals surface area (Å²) in [5, 5.41) is 2.25. The van der Waals surface area contributed by atoms with E-state index >= 15 is 0 Å². The fourth-order valence-electron chi connectivity index (χ4n) is 3.38. The molecular weight excluding hydrogens is 462 g/mol. The smallest absolute Gasteiger partial charge is 0.311 e. The zero-order valence-corrected chi connectivity index (χ0v) is 22.8. The topological polar surface area (TPSA) is 73.9 Å². The first-order valence-corrected chi connectivity index (χ1v) is 12.3. The molecule has 0 aliphatic carbocycles. The molecule has 1 N–H and O–H groups in total. The summed E-state index contributed by atoms with van der Waals surface area (Å²) in [6.45, 7) is 13.0. The third-order valence-corrected chi connectivity index (χ3v) is 5.71. The summed E-state index contributed by atoms with van der Waals surface area (Å²) >= 11 is 3.72. The first-order chi connectivity index (χ1) is 16.3. The SMILES string of the molecule is COc1cc(CNC(=O)S)ccc1OCC(COC(=O)C(C)(C)C)Cc1ccc(C(C)(C)C)cc1. The minimum absolute atomic E-state index is 0.0466. The fourth-order valence-corrected chi connectivity index (χ4v) is 3.46. The highest BCUT2D eigenvalue weighted by Gasteiger charge is 2.25. The van der Waals surface area contributed by atoms with Gasteiger partial charge in [0.25, 0.3) is 5.24 Å². The summed E-state index contributed by atoms with van der Waals surface area (Å²) in [6, 6.07) is 14.1. The van der Waals surface area contributed by atoms with Crippen LogP contribution in [0.1, 0.15) is 58.2 Å². The Morgan fingerprint density at radius 1 is 0.914 bits per heavy atom. The lowest BCUT2D eigenvalue weighted by Crippen LogP contribution is -2.28. The van der Waals surface area contributed by atoms with Crippen molar-refractivity contribution in [2.45, 2.75) is 59.9 Å². The zero-order valence-electron chi connectivity index (χ0n) is 21.9. The summed E-state index contributed by atoms with van der Waals surface area (Å²) in [7, 11) is 1.57. The molecule has 6 nitrogen and oxygen atoms in total. The van der Waals surface area contributed by atoms with Gasteiger partial charge in [-0.25, -0.2) is 0 Å². The van der Waals surface area contributed by atoms with E-state index in [4.69, 9.17) is 14.2 Å². The normalized spacial score (nSPS) is 12.6. The third kappa shape index (κ3) is 9.48. The van der Waals surface area contributed by atoms with E-state index in [1.54, 1.807) is 7.11 Å². The molecule has 0 bridgehead atoms. The molecule has 1 unspecified atom stereocenters. The van der Waals surface area contributed by atoms with Gasteiger partial charge in [0.05, 0.1) is 25.7 Å². The number of thiol groups is 1. The van der Waals surface area contributed by atoms with E-state index in [0.29, 0.717) is 31.1 Å². The molecule has 0 heterocycles. The summed E-state index contributed by atoms with van der Waals surface area (Å²) in [6.07, 6.45) is 0.705. The summed E-state index contributed by atoms with van der Waals surface area (Å²) in [5.74, 6) is 0.868. The summed E-state index contributed by atoms with van der Waals surface area (Å²) < 4.78 is 17.2. The van der Waals surface area contributed by atoms with Gasteiger partial charge in [0, 0.05) is 12.5 Å². The minimum Gasteiger partial charge on any atom is -0.493 e. The van der Waals surface area contributed by atoms with Crippen molar-refractivity contribution in [3.63, 3.8) is 0 Å². The van der Waals surface area contributed by atoms with E-state index in [1.807, 2.05) is 39.0 Å². The van der Waals surface area contributed by atoms with Gasteiger partial charge >= 0.3 is 5.97 Å². The minimum atomic E-state index is -0.568. The molecule has 7 heteroatoms. The van der Waals surface area contributed by atoms with Gasteiger partial charge in [0.15, 0.2) is 11.5 Å². The molecule has 0 aliphatic heterocycles. The van der Waals surface area contributed by atoms with Crippen molar-refractivity contribution in [3.05, 3.63) is 59.2 Å². The van der Waals surface area contributed by atoms with Gasteiger partial charge in [0.1, 0.15) is 0 Å². The predicted molar refractivity (Wildman–Crippen MR) is 142 cm³/mol. The number of amides is 1. The number of carbonyl (C=O) groups is 2. The monoisotopic (exact) mass is 501 g/mol. The second-order valence-electron chi connectivity index (χ2n) is 10.8. The van der Waals surface area contributed by atoms with Crippen molar-refractivity contribution >= 4 is 23.8 Å². The van der Waals surface area contributed by atoms with Gasteiger partial charge in [-0.3, -0.25) is 9.59 Å². The van der Waals surface area contributed by atoms with Crippen molar-refractivity contribution in [2.75, 3.05) is 20.3 Å². The van der Waals surface area contributed by atoms with E-state index in [2.05, 4.69) is 63.0 Å². The molecule has 0 radical (unpaired) electrons. The lowest BCUT2D eigenvalue weighted by atomic mass is 9.86.